The monoisotopic (exact) mass is 339 g/mol. The average Bonchev–Trinajstić information content (AvgIpc) is 3.14. The third-order valence-electron chi connectivity index (χ3n) is 5.27. The molecule has 0 radical (unpaired) electrons. The molecule has 1 aliphatic heterocycles. The minimum absolute atomic E-state index is 0.0748. The molecule has 0 spiro atoms. The highest BCUT2D eigenvalue weighted by atomic mass is 16.5. The SMILES string of the molecule is Cc1c(CO)cccc1-c1cccc(OCCCN2CCCC2)c1C. The Balaban J connectivity index is 1.69. The zero-order valence-corrected chi connectivity index (χ0v) is 15.4. The first-order chi connectivity index (χ1) is 12.2. The van der Waals surface area contributed by atoms with Gasteiger partial charge >= 0.3 is 0 Å². The summed E-state index contributed by atoms with van der Waals surface area (Å²) in [6.45, 7) is 8.66. The molecule has 3 nitrogen and oxygen atoms in total. The lowest BCUT2D eigenvalue weighted by Crippen LogP contribution is -2.22. The van der Waals surface area contributed by atoms with E-state index >= 15 is 0 Å². The van der Waals surface area contributed by atoms with Crippen molar-refractivity contribution >= 4 is 0 Å². The lowest BCUT2D eigenvalue weighted by Gasteiger charge is -2.17. The summed E-state index contributed by atoms with van der Waals surface area (Å²) in [5.74, 6) is 0.965. The topological polar surface area (TPSA) is 32.7 Å². The number of aliphatic hydroxyl groups is 1. The maximum atomic E-state index is 9.52. The number of ether oxygens (including phenoxy) is 1. The molecule has 1 aliphatic rings. The van der Waals surface area contributed by atoms with Gasteiger partial charge in [0.25, 0.3) is 0 Å². The average molecular weight is 339 g/mol. The van der Waals surface area contributed by atoms with Crippen LogP contribution < -0.4 is 4.74 Å². The number of aliphatic hydroxyl groups excluding tert-OH is 1. The number of likely N-dealkylation sites (tertiary alicyclic amines) is 1. The van der Waals surface area contributed by atoms with Crippen LogP contribution in [0, 0.1) is 13.8 Å². The molecule has 1 heterocycles. The van der Waals surface area contributed by atoms with Crippen LogP contribution in [-0.4, -0.2) is 36.2 Å². The van der Waals surface area contributed by atoms with Crippen LogP contribution in [0.2, 0.25) is 0 Å². The van der Waals surface area contributed by atoms with Crippen molar-refractivity contribution in [2.75, 3.05) is 26.2 Å². The minimum atomic E-state index is 0.0748. The van der Waals surface area contributed by atoms with Gasteiger partial charge in [0.1, 0.15) is 5.75 Å². The van der Waals surface area contributed by atoms with E-state index in [1.54, 1.807) is 0 Å². The van der Waals surface area contributed by atoms with Gasteiger partial charge in [-0.1, -0.05) is 30.3 Å². The molecule has 0 atom stereocenters. The highest BCUT2D eigenvalue weighted by Crippen LogP contribution is 2.33. The Kier molecular flexibility index (Phi) is 6.11. The Labute approximate surface area is 151 Å². The standard InChI is InChI=1S/C22H29NO2/c1-17-19(16-24)8-5-9-20(17)21-10-6-11-22(18(21)2)25-15-7-14-23-12-3-4-13-23/h5-6,8-11,24H,3-4,7,12-16H2,1-2H3. The van der Waals surface area contributed by atoms with Crippen molar-refractivity contribution in [1.82, 2.24) is 4.90 Å². The van der Waals surface area contributed by atoms with Crippen molar-refractivity contribution in [2.45, 2.75) is 39.7 Å². The second-order valence-corrected chi connectivity index (χ2v) is 6.93. The molecule has 25 heavy (non-hydrogen) atoms. The van der Waals surface area contributed by atoms with E-state index in [1.807, 2.05) is 12.1 Å². The van der Waals surface area contributed by atoms with Gasteiger partial charge in [-0.05, 0) is 80.1 Å². The second kappa shape index (κ2) is 8.50. The van der Waals surface area contributed by atoms with E-state index < -0.39 is 0 Å². The van der Waals surface area contributed by atoms with Crippen LogP contribution in [0.25, 0.3) is 11.1 Å². The molecule has 3 heteroatoms. The molecule has 1 saturated heterocycles. The number of rotatable bonds is 7. The number of hydrogen-bond acceptors (Lipinski definition) is 3. The predicted octanol–water partition coefficient (Wildman–Crippen LogP) is 4.33. The zero-order chi connectivity index (χ0) is 17.6. The summed E-state index contributed by atoms with van der Waals surface area (Å²) in [7, 11) is 0. The maximum Gasteiger partial charge on any atom is 0.122 e. The fourth-order valence-electron chi connectivity index (χ4n) is 3.69. The van der Waals surface area contributed by atoms with Gasteiger partial charge in [0.2, 0.25) is 0 Å². The first-order valence-corrected chi connectivity index (χ1v) is 9.35. The fraction of sp³-hybridized carbons (Fsp3) is 0.455. The van der Waals surface area contributed by atoms with Crippen LogP contribution in [-0.2, 0) is 6.61 Å². The summed E-state index contributed by atoms with van der Waals surface area (Å²) >= 11 is 0. The lowest BCUT2D eigenvalue weighted by molar-refractivity contribution is 0.262. The third kappa shape index (κ3) is 4.23. The van der Waals surface area contributed by atoms with E-state index in [0.717, 1.165) is 36.4 Å². The molecular formula is C22H29NO2. The van der Waals surface area contributed by atoms with Gasteiger partial charge in [-0.2, -0.15) is 0 Å². The molecule has 1 N–H and O–H groups in total. The summed E-state index contributed by atoms with van der Waals surface area (Å²) in [5.41, 5.74) is 5.64. The molecule has 1 fully saturated rings. The van der Waals surface area contributed by atoms with Gasteiger partial charge in [0.15, 0.2) is 0 Å². The molecule has 0 aromatic heterocycles. The molecule has 0 unspecified atom stereocenters. The molecule has 3 rings (SSSR count). The van der Waals surface area contributed by atoms with E-state index in [1.165, 1.54) is 42.6 Å². The molecule has 0 aliphatic carbocycles. The van der Waals surface area contributed by atoms with Gasteiger partial charge in [-0.3, -0.25) is 0 Å². The number of nitrogens with zero attached hydrogens (tertiary/aromatic N) is 1. The Hall–Kier alpha value is -1.84. The lowest BCUT2D eigenvalue weighted by atomic mass is 9.93. The van der Waals surface area contributed by atoms with E-state index in [4.69, 9.17) is 4.74 Å². The normalized spacial score (nSPS) is 14.8. The van der Waals surface area contributed by atoms with Crippen LogP contribution in [0.1, 0.15) is 36.0 Å². The smallest absolute Gasteiger partial charge is 0.122 e. The van der Waals surface area contributed by atoms with Crippen LogP contribution in [0.15, 0.2) is 36.4 Å². The van der Waals surface area contributed by atoms with Gasteiger partial charge in [-0.15, -0.1) is 0 Å². The van der Waals surface area contributed by atoms with E-state index in [0.29, 0.717) is 0 Å². The van der Waals surface area contributed by atoms with Crippen molar-refractivity contribution in [3.8, 4) is 16.9 Å². The summed E-state index contributed by atoms with van der Waals surface area (Å²) in [5, 5.41) is 9.52. The quantitative estimate of drug-likeness (QED) is 0.762. The summed E-state index contributed by atoms with van der Waals surface area (Å²) in [4.78, 5) is 2.52. The van der Waals surface area contributed by atoms with Crippen molar-refractivity contribution in [3.05, 3.63) is 53.1 Å². The van der Waals surface area contributed by atoms with Crippen LogP contribution >= 0.6 is 0 Å². The molecule has 0 saturated carbocycles. The van der Waals surface area contributed by atoms with Crippen LogP contribution in [0.4, 0.5) is 0 Å². The predicted molar refractivity (Wildman–Crippen MR) is 103 cm³/mol. The second-order valence-electron chi connectivity index (χ2n) is 6.93. The molecule has 2 aromatic carbocycles. The number of benzene rings is 2. The molecule has 0 bridgehead atoms. The Bertz CT molecular complexity index is 705. The Morgan fingerprint density at radius 2 is 1.64 bits per heavy atom. The minimum Gasteiger partial charge on any atom is -0.493 e. The molecule has 134 valence electrons. The van der Waals surface area contributed by atoms with Gasteiger partial charge < -0.3 is 14.7 Å². The molecular weight excluding hydrogens is 310 g/mol. The molecule has 2 aromatic rings. The fourth-order valence-corrected chi connectivity index (χ4v) is 3.69. The van der Waals surface area contributed by atoms with Crippen LogP contribution in [0.5, 0.6) is 5.75 Å². The van der Waals surface area contributed by atoms with Gasteiger partial charge in [0, 0.05) is 6.54 Å². The zero-order valence-electron chi connectivity index (χ0n) is 15.4. The third-order valence-corrected chi connectivity index (χ3v) is 5.27. The number of hydrogen-bond donors (Lipinski definition) is 1. The molecule has 0 amide bonds. The summed E-state index contributed by atoms with van der Waals surface area (Å²) in [6, 6.07) is 12.4. The highest BCUT2D eigenvalue weighted by Gasteiger charge is 2.12. The van der Waals surface area contributed by atoms with E-state index in [-0.39, 0.29) is 6.61 Å². The van der Waals surface area contributed by atoms with Gasteiger partial charge in [0.05, 0.1) is 13.2 Å². The Morgan fingerprint density at radius 1 is 0.960 bits per heavy atom. The van der Waals surface area contributed by atoms with Crippen molar-refractivity contribution in [1.29, 1.82) is 0 Å². The van der Waals surface area contributed by atoms with Crippen molar-refractivity contribution < 1.29 is 9.84 Å². The van der Waals surface area contributed by atoms with E-state index in [2.05, 4.69) is 43.0 Å². The summed E-state index contributed by atoms with van der Waals surface area (Å²) < 4.78 is 6.08. The van der Waals surface area contributed by atoms with Crippen molar-refractivity contribution in [2.24, 2.45) is 0 Å². The first kappa shape index (κ1) is 18.0. The van der Waals surface area contributed by atoms with Gasteiger partial charge in [-0.25, -0.2) is 0 Å². The first-order valence-electron chi connectivity index (χ1n) is 9.35. The largest absolute Gasteiger partial charge is 0.493 e. The van der Waals surface area contributed by atoms with Crippen LogP contribution in [0.3, 0.4) is 0 Å². The Morgan fingerprint density at radius 3 is 2.36 bits per heavy atom. The highest BCUT2D eigenvalue weighted by molar-refractivity contribution is 5.73. The summed E-state index contributed by atoms with van der Waals surface area (Å²) in [6.07, 6.45) is 3.76. The maximum absolute atomic E-state index is 9.52. The van der Waals surface area contributed by atoms with Crippen molar-refractivity contribution in [3.63, 3.8) is 0 Å². The van der Waals surface area contributed by atoms with E-state index in [9.17, 15) is 5.11 Å².